The molecular weight excluding hydrogens is 400 g/mol. The fraction of sp³-hybridized carbons (Fsp3) is 0.259. The largest absolute Gasteiger partial charge is 0.457 e. The van der Waals surface area contributed by atoms with Gasteiger partial charge in [0.05, 0.1) is 5.92 Å². The van der Waals surface area contributed by atoms with Crippen molar-refractivity contribution in [3.05, 3.63) is 82.9 Å². The van der Waals surface area contributed by atoms with Crippen LogP contribution in [0.2, 0.25) is 0 Å². The van der Waals surface area contributed by atoms with Gasteiger partial charge in [-0.3, -0.25) is 9.59 Å². The number of aryl methyl sites for hydroxylation is 3. The zero-order chi connectivity index (χ0) is 22.8. The van der Waals surface area contributed by atoms with Crippen LogP contribution in [0.4, 0.5) is 11.4 Å². The molecule has 0 aromatic heterocycles. The Bertz CT molecular complexity index is 1170. The topological polar surface area (TPSA) is 58.6 Å². The third kappa shape index (κ3) is 4.52. The highest BCUT2D eigenvalue weighted by atomic mass is 16.5. The van der Waals surface area contributed by atoms with E-state index in [4.69, 9.17) is 4.74 Å². The predicted octanol–water partition coefficient (Wildman–Crippen LogP) is 5.70. The molecule has 1 N–H and O–H groups in total. The Balaban J connectivity index is 1.40. The van der Waals surface area contributed by atoms with Gasteiger partial charge in [-0.05, 0) is 86.3 Å². The van der Waals surface area contributed by atoms with Crippen LogP contribution < -0.4 is 15.0 Å². The molecule has 0 bridgehead atoms. The van der Waals surface area contributed by atoms with E-state index in [9.17, 15) is 9.59 Å². The molecule has 1 aliphatic rings. The first-order valence-electron chi connectivity index (χ1n) is 10.8. The van der Waals surface area contributed by atoms with Crippen LogP contribution in [-0.2, 0) is 9.59 Å². The maximum absolute atomic E-state index is 12.8. The minimum atomic E-state index is -0.381. The van der Waals surface area contributed by atoms with Gasteiger partial charge in [-0.2, -0.15) is 0 Å². The van der Waals surface area contributed by atoms with Crippen LogP contribution >= 0.6 is 0 Å². The highest BCUT2D eigenvalue weighted by molar-refractivity contribution is 6.03. The van der Waals surface area contributed by atoms with E-state index < -0.39 is 0 Å². The Kier molecular flexibility index (Phi) is 5.99. The molecule has 1 aliphatic heterocycles. The van der Waals surface area contributed by atoms with Crippen molar-refractivity contribution in [3.8, 4) is 11.5 Å². The van der Waals surface area contributed by atoms with Crippen molar-refractivity contribution in [1.29, 1.82) is 0 Å². The van der Waals surface area contributed by atoms with Gasteiger partial charge in [0, 0.05) is 24.3 Å². The minimum absolute atomic E-state index is 0.0175. The number of carbonyl (C=O) groups is 2. The Morgan fingerprint density at radius 2 is 1.72 bits per heavy atom. The Morgan fingerprint density at radius 1 is 0.969 bits per heavy atom. The standard InChI is InChI=1S/C27H28N2O3/c1-17-8-9-19(3)24(14-17)29-16-21(15-26(29)30)27(31)28-22-10-12-23(13-11-22)32-25-7-5-6-18(2)20(25)4/h5-14,21H,15-16H2,1-4H3,(H,28,31)/t21-/m0/s1. The summed E-state index contributed by atoms with van der Waals surface area (Å²) < 4.78 is 5.98. The van der Waals surface area contributed by atoms with Crippen molar-refractivity contribution >= 4 is 23.2 Å². The summed E-state index contributed by atoms with van der Waals surface area (Å²) in [5.41, 5.74) is 5.97. The quantitative estimate of drug-likeness (QED) is 0.567. The predicted molar refractivity (Wildman–Crippen MR) is 127 cm³/mol. The molecule has 1 atom stereocenters. The van der Waals surface area contributed by atoms with E-state index in [1.54, 1.807) is 4.90 Å². The average molecular weight is 429 g/mol. The van der Waals surface area contributed by atoms with E-state index in [0.717, 1.165) is 28.1 Å². The maximum Gasteiger partial charge on any atom is 0.229 e. The van der Waals surface area contributed by atoms with Crippen molar-refractivity contribution in [2.75, 3.05) is 16.8 Å². The summed E-state index contributed by atoms with van der Waals surface area (Å²) in [7, 11) is 0. The molecule has 3 aromatic carbocycles. The number of hydrogen-bond donors (Lipinski definition) is 1. The highest BCUT2D eigenvalue weighted by Crippen LogP contribution is 2.30. The van der Waals surface area contributed by atoms with Gasteiger partial charge in [0.15, 0.2) is 0 Å². The van der Waals surface area contributed by atoms with Gasteiger partial charge in [-0.15, -0.1) is 0 Å². The number of benzene rings is 3. The third-order valence-corrected chi connectivity index (χ3v) is 6.06. The first-order valence-corrected chi connectivity index (χ1v) is 10.8. The first-order chi connectivity index (χ1) is 15.3. The summed E-state index contributed by atoms with van der Waals surface area (Å²) in [4.78, 5) is 27.2. The molecule has 0 unspecified atom stereocenters. The van der Waals surface area contributed by atoms with E-state index in [0.29, 0.717) is 18.0 Å². The van der Waals surface area contributed by atoms with Crippen LogP contribution in [0.25, 0.3) is 0 Å². The lowest BCUT2D eigenvalue weighted by atomic mass is 10.1. The van der Waals surface area contributed by atoms with E-state index in [1.165, 1.54) is 5.56 Å². The number of nitrogens with zero attached hydrogens (tertiary/aromatic N) is 1. The molecule has 5 nitrogen and oxygen atoms in total. The maximum atomic E-state index is 12.8. The van der Waals surface area contributed by atoms with E-state index in [2.05, 4.69) is 18.3 Å². The average Bonchev–Trinajstić information content (AvgIpc) is 3.16. The Hall–Kier alpha value is -3.60. The van der Waals surface area contributed by atoms with Gasteiger partial charge in [-0.25, -0.2) is 0 Å². The van der Waals surface area contributed by atoms with Gasteiger partial charge in [0.25, 0.3) is 0 Å². The number of hydrogen-bond acceptors (Lipinski definition) is 3. The van der Waals surface area contributed by atoms with Crippen LogP contribution in [0, 0.1) is 33.6 Å². The molecule has 32 heavy (non-hydrogen) atoms. The number of amides is 2. The monoisotopic (exact) mass is 428 g/mol. The molecule has 0 saturated carbocycles. The minimum Gasteiger partial charge on any atom is -0.457 e. The summed E-state index contributed by atoms with van der Waals surface area (Å²) in [6.45, 7) is 8.46. The van der Waals surface area contributed by atoms with Crippen LogP contribution in [0.3, 0.4) is 0 Å². The summed E-state index contributed by atoms with van der Waals surface area (Å²) in [6.07, 6.45) is 0.215. The molecule has 5 heteroatoms. The normalized spacial score (nSPS) is 15.7. The van der Waals surface area contributed by atoms with Crippen molar-refractivity contribution in [2.24, 2.45) is 5.92 Å². The van der Waals surface area contributed by atoms with Crippen molar-refractivity contribution in [3.63, 3.8) is 0 Å². The number of ether oxygens (including phenoxy) is 1. The third-order valence-electron chi connectivity index (χ3n) is 6.06. The zero-order valence-corrected chi connectivity index (χ0v) is 18.9. The smallest absolute Gasteiger partial charge is 0.229 e. The van der Waals surface area contributed by atoms with Gasteiger partial charge >= 0.3 is 0 Å². The Morgan fingerprint density at radius 3 is 2.47 bits per heavy atom. The van der Waals surface area contributed by atoms with Crippen LogP contribution in [0.15, 0.2) is 60.7 Å². The van der Waals surface area contributed by atoms with E-state index in [-0.39, 0.29) is 24.2 Å². The molecule has 164 valence electrons. The van der Waals surface area contributed by atoms with Gasteiger partial charge in [-0.1, -0.05) is 24.3 Å². The molecule has 3 aromatic rings. The fourth-order valence-corrected chi connectivity index (χ4v) is 3.94. The molecule has 4 rings (SSSR count). The van der Waals surface area contributed by atoms with Crippen LogP contribution in [0.1, 0.15) is 28.7 Å². The molecule has 1 heterocycles. The SMILES string of the molecule is Cc1ccc(C)c(N2C[C@@H](C(=O)Nc3ccc(Oc4cccc(C)c4C)cc3)CC2=O)c1. The fourth-order valence-electron chi connectivity index (χ4n) is 3.94. The summed E-state index contributed by atoms with van der Waals surface area (Å²) in [5.74, 6) is 0.977. The summed E-state index contributed by atoms with van der Waals surface area (Å²) >= 11 is 0. The number of nitrogens with one attached hydrogen (secondary N) is 1. The second-order valence-corrected chi connectivity index (χ2v) is 8.51. The summed E-state index contributed by atoms with van der Waals surface area (Å²) in [6, 6.07) is 19.3. The molecule has 0 spiro atoms. The summed E-state index contributed by atoms with van der Waals surface area (Å²) in [5, 5.41) is 2.94. The van der Waals surface area contributed by atoms with Crippen molar-refractivity contribution in [1.82, 2.24) is 0 Å². The zero-order valence-electron chi connectivity index (χ0n) is 18.9. The van der Waals surface area contributed by atoms with Gasteiger partial charge < -0.3 is 15.0 Å². The van der Waals surface area contributed by atoms with Crippen LogP contribution in [-0.4, -0.2) is 18.4 Å². The second-order valence-electron chi connectivity index (χ2n) is 8.51. The van der Waals surface area contributed by atoms with Gasteiger partial charge in [0.2, 0.25) is 11.8 Å². The second kappa shape index (κ2) is 8.87. The van der Waals surface area contributed by atoms with Crippen molar-refractivity contribution < 1.29 is 14.3 Å². The molecule has 1 saturated heterocycles. The molecule has 2 amide bonds. The molecule has 0 radical (unpaired) electrons. The first kappa shape index (κ1) is 21.6. The number of carbonyl (C=O) groups excluding carboxylic acids is 2. The van der Waals surface area contributed by atoms with Crippen LogP contribution in [0.5, 0.6) is 11.5 Å². The molecule has 1 fully saturated rings. The van der Waals surface area contributed by atoms with E-state index in [1.807, 2.05) is 75.4 Å². The lowest BCUT2D eigenvalue weighted by Gasteiger charge is -2.19. The van der Waals surface area contributed by atoms with Gasteiger partial charge in [0.1, 0.15) is 11.5 Å². The Labute approximate surface area is 189 Å². The highest BCUT2D eigenvalue weighted by Gasteiger charge is 2.35. The lowest BCUT2D eigenvalue weighted by Crippen LogP contribution is -2.28. The van der Waals surface area contributed by atoms with E-state index >= 15 is 0 Å². The van der Waals surface area contributed by atoms with Crippen molar-refractivity contribution in [2.45, 2.75) is 34.1 Å². The molecular formula is C27H28N2O3. The number of anilines is 2. The lowest BCUT2D eigenvalue weighted by molar-refractivity contribution is -0.122. The molecule has 0 aliphatic carbocycles. The number of rotatable bonds is 5.